The van der Waals surface area contributed by atoms with Crippen molar-refractivity contribution in [1.29, 1.82) is 0 Å². The second kappa shape index (κ2) is 10.2. The summed E-state index contributed by atoms with van der Waals surface area (Å²) in [6, 6.07) is 9.70. The number of nitrogens with one attached hydrogen (secondary N) is 1. The third-order valence-corrected chi connectivity index (χ3v) is 5.10. The van der Waals surface area contributed by atoms with Crippen molar-refractivity contribution in [3.05, 3.63) is 58.9 Å². The molecule has 2 aromatic rings. The zero-order valence-electron chi connectivity index (χ0n) is 17.1. The molecule has 1 aromatic carbocycles. The van der Waals surface area contributed by atoms with Crippen LogP contribution in [0.5, 0.6) is 5.75 Å². The van der Waals surface area contributed by atoms with Gasteiger partial charge in [0, 0.05) is 37.9 Å². The van der Waals surface area contributed by atoms with Crippen LogP contribution in [0.4, 0.5) is 0 Å². The van der Waals surface area contributed by atoms with Crippen molar-refractivity contribution < 1.29 is 19.1 Å². The van der Waals surface area contributed by atoms with Gasteiger partial charge in [0.15, 0.2) is 6.17 Å². The van der Waals surface area contributed by atoms with Crippen molar-refractivity contribution in [1.82, 2.24) is 20.1 Å². The highest BCUT2D eigenvalue weighted by atomic mass is 35.5. The minimum Gasteiger partial charge on any atom is -0.497 e. The highest BCUT2D eigenvalue weighted by Gasteiger charge is 2.40. The summed E-state index contributed by atoms with van der Waals surface area (Å²) in [5, 5.41) is 2.95. The van der Waals surface area contributed by atoms with E-state index in [9.17, 15) is 14.4 Å². The molecule has 0 radical (unpaired) electrons. The number of hydrogen-bond acceptors (Lipinski definition) is 6. The summed E-state index contributed by atoms with van der Waals surface area (Å²) < 4.78 is 5.20. The van der Waals surface area contributed by atoms with Crippen LogP contribution >= 0.6 is 11.6 Å². The number of rotatable bonds is 6. The van der Waals surface area contributed by atoms with E-state index in [1.807, 2.05) is 0 Å². The summed E-state index contributed by atoms with van der Waals surface area (Å²) >= 11 is 5.82. The van der Waals surface area contributed by atoms with Crippen molar-refractivity contribution in [2.75, 3.05) is 33.3 Å². The van der Waals surface area contributed by atoms with Crippen LogP contribution in [0.3, 0.4) is 0 Å². The van der Waals surface area contributed by atoms with Gasteiger partial charge >= 0.3 is 0 Å². The predicted octanol–water partition coefficient (Wildman–Crippen LogP) is 1.13. The number of nitrogens with two attached hydrogens (primary N) is 1. The zero-order valence-corrected chi connectivity index (χ0v) is 17.8. The molecular weight excluding hydrogens is 422 g/mol. The molecule has 1 aliphatic heterocycles. The number of hydrogen-bond donors (Lipinski definition) is 2. The van der Waals surface area contributed by atoms with Crippen LogP contribution in [0.15, 0.2) is 42.6 Å². The number of pyridine rings is 1. The average molecular weight is 446 g/mol. The number of ether oxygens (including phenoxy) is 1. The van der Waals surface area contributed by atoms with Crippen LogP contribution in [0.2, 0.25) is 5.15 Å². The maximum absolute atomic E-state index is 13.3. The lowest BCUT2D eigenvalue weighted by molar-refractivity contribution is -0.132. The number of carbonyl (C=O) groups excluding carboxylic acids is 3. The quantitative estimate of drug-likeness (QED) is 0.643. The van der Waals surface area contributed by atoms with Gasteiger partial charge < -0.3 is 25.6 Å². The van der Waals surface area contributed by atoms with Crippen LogP contribution in [0.1, 0.15) is 27.1 Å². The normalized spacial score (nSPS) is 16.0. The van der Waals surface area contributed by atoms with E-state index in [1.165, 1.54) is 35.2 Å². The fourth-order valence-electron chi connectivity index (χ4n) is 3.41. The van der Waals surface area contributed by atoms with E-state index in [1.54, 1.807) is 24.3 Å². The molecule has 164 valence electrons. The minimum atomic E-state index is -1.12. The van der Waals surface area contributed by atoms with Crippen molar-refractivity contribution >= 4 is 29.3 Å². The number of aromatic nitrogens is 1. The Balaban J connectivity index is 1.94. The maximum Gasteiger partial charge on any atom is 0.263 e. The van der Waals surface area contributed by atoms with E-state index >= 15 is 0 Å². The third-order valence-electron chi connectivity index (χ3n) is 4.88. The number of carbonyl (C=O) groups is 3. The van der Waals surface area contributed by atoms with Crippen LogP contribution < -0.4 is 15.8 Å². The largest absolute Gasteiger partial charge is 0.497 e. The van der Waals surface area contributed by atoms with Gasteiger partial charge in [-0.2, -0.15) is 0 Å². The zero-order chi connectivity index (χ0) is 22.4. The van der Waals surface area contributed by atoms with Crippen molar-refractivity contribution in [2.45, 2.75) is 12.6 Å². The van der Waals surface area contributed by atoms with Crippen LogP contribution in [-0.4, -0.2) is 72.0 Å². The highest BCUT2D eigenvalue weighted by molar-refractivity contribution is 6.29. The molecule has 2 heterocycles. The first-order valence-corrected chi connectivity index (χ1v) is 10.2. The van der Waals surface area contributed by atoms with Crippen molar-refractivity contribution in [3.63, 3.8) is 0 Å². The summed E-state index contributed by atoms with van der Waals surface area (Å²) in [4.78, 5) is 46.2. The Morgan fingerprint density at radius 2 is 1.87 bits per heavy atom. The molecule has 0 spiro atoms. The Hall–Kier alpha value is -3.17. The molecule has 1 atom stereocenters. The third kappa shape index (κ3) is 5.12. The summed E-state index contributed by atoms with van der Waals surface area (Å²) in [5.74, 6) is -0.748. The van der Waals surface area contributed by atoms with Gasteiger partial charge in [0.05, 0.1) is 12.7 Å². The van der Waals surface area contributed by atoms with E-state index in [0.29, 0.717) is 30.8 Å². The van der Waals surface area contributed by atoms with Crippen LogP contribution in [0.25, 0.3) is 0 Å². The summed E-state index contributed by atoms with van der Waals surface area (Å²) in [5.41, 5.74) is 6.15. The molecule has 3 amide bonds. The van der Waals surface area contributed by atoms with Gasteiger partial charge in [-0.1, -0.05) is 17.7 Å². The van der Waals surface area contributed by atoms with E-state index < -0.39 is 18.0 Å². The molecule has 1 unspecified atom stereocenters. The first-order chi connectivity index (χ1) is 15.0. The fraction of sp³-hybridized carbons (Fsp3) is 0.333. The smallest absolute Gasteiger partial charge is 0.263 e. The fourth-order valence-corrected chi connectivity index (χ4v) is 3.52. The van der Waals surface area contributed by atoms with E-state index in [2.05, 4.69) is 10.3 Å². The summed E-state index contributed by atoms with van der Waals surface area (Å²) in [6.45, 7) is 1.09. The second-order valence-corrected chi connectivity index (χ2v) is 7.29. The van der Waals surface area contributed by atoms with E-state index in [4.69, 9.17) is 22.1 Å². The predicted molar refractivity (Wildman–Crippen MR) is 115 cm³/mol. The maximum atomic E-state index is 13.3. The Labute approximate surface area is 185 Å². The first kappa shape index (κ1) is 22.5. The first-order valence-electron chi connectivity index (χ1n) is 9.81. The molecule has 1 aliphatic rings. The second-order valence-electron chi connectivity index (χ2n) is 6.91. The van der Waals surface area contributed by atoms with E-state index in [0.717, 1.165) is 0 Å². The number of benzene rings is 1. The Kier molecular flexibility index (Phi) is 7.43. The van der Waals surface area contributed by atoms with Crippen molar-refractivity contribution in [2.24, 2.45) is 5.73 Å². The summed E-state index contributed by atoms with van der Waals surface area (Å²) in [6.07, 6.45) is 0.744. The SMILES string of the molecule is COc1cccc(C(=O)N2CCCN(C(=O)c3ccc(Cl)nc3)C2C(=O)NCCN)c1. The highest BCUT2D eigenvalue weighted by Crippen LogP contribution is 2.22. The Morgan fingerprint density at radius 3 is 2.48 bits per heavy atom. The molecule has 1 saturated heterocycles. The van der Waals surface area contributed by atoms with Crippen LogP contribution in [0, 0.1) is 0 Å². The molecule has 9 nitrogen and oxygen atoms in total. The number of amides is 3. The molecule has 1 aromatic heterocycles. The van der Waals surface area contributed by atoms with Gasteiger partial charge in [0.1, 0.15) is 10.9 Å². The molecule has 1 fully saturated rings. The van der Waals surface area contributed by atoms with Gasteiger partial charge in [-0.25, -0.2) is 4.98 Å². The average Bonchev–Trinajstić information content (AvgIpc) is 2.81. The van der Waals surface area contributed by atoms with Gasteiger partial charge in [0.25, 0.3) is 17.7 Å². The lowest BCUT2D eigenvalue weighted by atomic mass is 10.1. The molecule has 0 aliphatic carbocycles. The standard InChI is InChI=1S/C21H24ClN5O4/c1-31-16-5-2-4-14(12-16)20(29)26-10-3-11-27(19(26)18(28)24-9-8-23)21(30)15-6-7-17(22)25-13-15/h2,4-7,12-13,19H,3,8-11,23H2,1H3,(H,24,28). The van der Waals surface area contributed by atoms with Gasteiger partial charge in [-0.15, -0.1) is 0 Å². The summed E-state index contributed by atoms with van der Waals surface area (Å²) in [7, 11) is 1.51. The lowest BCUT2D eigenvalue weighted by Crippen LogP contribution is -2.63. The monoisotopic (exact) mass is 445 g/mol. The topological polar surface area (TPSA) is 118 Å². The van der Waals surface area contributed by atoms with Gasteiger partial charge in [-0.05, 0) is 36.8 Å². The number of nitrogens with zero attached hydrogens (tertiary/aromatic N) is 3. The van der Waals surface area contributed by atoms with E-state index in [-0.39, 0.29) is 29.7 Å². The van der Waals surface area contributed by atoms with Gasteiger partial charge in [0.2, 0.25) is 0 Å². The molecular formula is C21H24ClN5O4. The molecule has 3 rings (SSSR count). The molecule has 3 N–H and O–H groups in total. The van der Waals surface area contributed by atoms with Gasteiger partial charge in [-0.3, -0.25) is 14.4 Å². The Bertz CT molecular complexity index is 953. The lowest BCUT2D eigenvalue weighted by Gasteiger charge is -2.42. The molecule has 10 heteroatoms. The Morgan fingerprint density at radius 1 is 1.16 bits per heavy atom. The van der Waals surface area contributed by atoms with Crippen molar-refractivity contribution in [3.8, 4) is 5.75 Å². The number of halogens is 1. The van der Waals surface area contributed by atoms with Crippen LogP contribution in [-0.2, 0) is 4.79 Å². The number of methoxy groups -OCH3 is 1. The molecule has 0 bridgehead atoms. The minimum absolute atomic E-state index is 0.223. The molecule has 0 saturated carbocycles. The molecule has 31 heavy (non-hydrogen) atoms.